The van der Waals surface area contributed by atoms with Crippen molar-refractivity contribution in [3.63, 3.8) is 0 Å². The number of carbonyl (C=O) groups excluding carboxylic acids is 2. The van der Waals surface area contributed by atoms with Crippen molar-refractivity contribution in [1.82, 2.24) is 10.2 Å². The van der Waals surface area contributed by atoms with Crippen LogP contribution in [-0.4, -0.2) is 46.8 Å². The van der Waals surface area contributed by atoms with E-state index in [1.807, 2.05) is 6.92 Å². The highest BCUT2D eigenvalue weighted by Crippen LogP contribution is 2.24. The van der Waals surface area contributed by atoms with E-state index >= 15 is 0 Å². The predicted octanol–water partition coefficient (Wildman–Crippen LogP) is 1.78. The van der Waals surface area contributed by atoms with E-state index in [1.165, 1.54) is 18.2 Å². The van der Waals surface area contributed by atoms with E-state index in [4.69, 9.17) is 5.73 Å². The van der Waals surface area contributed by atoms with Crippen LogP contribution in [0.1, 0.15) is 42.1 Å². The largest absolute Gasteiger partial charge is 0.354 e. The molecular weight excluding hydrogens is 360 g/mol. The second kappa shape index (κ2) is 9.49. The number of hydrogen-bond acceptors (Lipinski definition) is 5. The van der Waals surface area contributed by atoms with Crippen LogP contribution in [0.5, 0.6) is 0 Å². The van der Waals surface area contributed by atoms with Gasteiger partial charge in [0.25, 0.3) is 11.6 Å². The molecule has 1 aliphatic heterocycles. The van der Waals surface area contributed by atoms with E-state index in [-0.39, 0.29) is 36.0 Å². The Balaban J connectivity index is 0.00000338. The van der Waals surface area contributed by atoms with Crippen molar-refractivity contribution >= 4 is 29.9 Å². The number of nitrogens with one attached hydrogen (secondary N) is 1. The third kappa shape index (κ3) is 5.15. The number of benzene rings is 1. The number of likely N-dealkylation sites (tertiary alicyclic amines) is 1. The lowest BCUT2D eigenvalue weighted by Gasteiger charge is -2.24. The summed E-state index contributed by atoms with van der Waals surface area (Å²) >= 11 is 0. The molecule has 2 atom stereocenters. The summed E-state index contributed by atoms with van der Waals surface area (Å²) in [5.41, 5.74) is 6.43. The first-order chi connectivity index (χ1) is 11.8. The van der Waals surface area contributed by atoms with Crippen molar-refractivity contribution in [1.29, 1.82) is 0 Å². The summed E-state index contributed by atoms with van der Waals surface area (Å²) in [5.74, 6) is -0.451. The van der Waals surface area contributed by atoms with Crippen LogP contribution in [0.25, 0.3) is 0 Å². The fourth-order valence-corrected chi connectivity index (χ4v) is 2.98. The van der Waals surface area contributed by atoms with Crippen LogP contribution >= 0.6 is 12.4 Å². The van der Waals surface area contributed by atoms with Crippen molar-refractivity contribution in [2.45, 2.75) is 45.2 Å². The van der Waals surface area contributed by atoms with Crippen LogP contribution in [0.15, 0.2) is 18.2 Å². The molecule has 3 N–H and O–H groups in total. The van der Waals surface area contributed by atoms with Crippen molar-refractivity contribution in [3.8, 4) is 0 Å². The van der Waals surface area contributed by atoms with E-state index in [1.54, 1.807) is 11.8 Å². The standard InChI is InChI=1S/C17H24N4O4.ClH/c1-11-10-13(5-6-14(11)21(24)25)17(23)20-9-3-4-15(20)16(22)19-8-7-12(2)18;/h5-6,10,12,15H,3-4,7-9,18H2,1-2H3,(H,19,22);1H. The summed E-state index contributed by atoms with van der Waals surface area (Å²) < 4.78 is 0. The number of nitrogens with two attached hydrogens (primary N) is 1. The normalized spacial score (nSPS) is 17.3. The summed E-state index contributed by atoms with van der Waals surface area (Å²) in [5, 5.41) is 13.7. The number of rotatable bonds is 6. The zero-order valence-corrected chi connectivity index (χ0v) is 15.8. The summed E-state index contributed by atoms with van der Waals surface area (Å²) in [6, 6.07) is 3.78. The van der Waals surface area contributed by atoms with Crippen molar-refractivity contribution in [3.05, 3.63) is 39.4 Å². The fraction of sp³-hybridized carbons (Fsp3) is 0.529. The van der Waals surface area contributed by atoms with E-state index < -0.39 is 11.0 Å². The van der Waals surface area contributed by atoms with Gasteiger partial charge in [-0.25, -0.2) is 0 Å². The van der Waals surface area contributed by atoms with Crippen molar-refractivity contribution in [2.75, 3.05) is 13.1 Å². The van der Waals surface area contributed by atoms with E-state index in [9.17, 15) is 19.7 Å². The lowest BCUT2D eigenvalue weighted by atomic mass is 10.1. The van der Waals surface area contributed by atoms with Gasteiger partial charge in [0.2, 0.25) is 5.91 Å². The second-order valence-electron chi connectivity index (χ2n) is 6.47. The maximum Gasteiger partial charge on any atom is 0.272 e. The SMILES string of the molecule is Cc1cc(C(=O)N2CCCC2C(=O)NCCC(C)N)ccc1[N+](=O)[O-].Cl. The first-order valence-electron chi connectivity index (χ1n) is 8.40. The number of halogens is 1. The maximum atomic E-state index is 12.7. The number of carbonyl (C=O) groups is 2. The molecule has 1 aromatic rings. The number of nitrogens with zero attached hydrogens (tertiary/aromatic N) is 2. The van der Waals surface area contributed by atoms with Crippen LogP contribution in [-0.2, 0) is 4.79 Å². The first kappa shape index (κ1) is 21.9. The average Bonchev–Trinajstić information content (AvgIpc) is 3.02. The highest BCUT2D eigenvalue weighted by molar-refractivity contribution is 5.98. The van der Waals surface area contributed by atoms with Crippen LogP contribution in [0.2, 0.25) is 0 Å². The zero-order valence-electron chi connectivity index (χ0n) is 14.9. The van der Waals surface area contributed by atoms with E-state index in [0.29, 0.717) is 37.1 Å². The summed E-state index contributed by atoms with van der Waals surface area (Å²) in [6.45, 7) is 4.44. The highest BCUT2D eigenvalue weighted by atomic mass is 35.5. The van der Waals surface area contributed by atoms with Gasteiger partial charge < -0.3 is 16.0 Å². The molecule has 0 spiro atoms. The molecule has 1 heterocycles. The Morgan fingerprint density at radius 1 is 1.46 bits per heavy atom. The lowest BCUT2D eigenvalue weighted by Crippen LogP contribution is -2.46. The average molecular weight is 385 g/mol. The molecule has 0 radical (unpaired) electrons. The van der Waals surface area contributed by atoms with E-state index in [2.05, 4.69) is 5.32 Å². The number of hydrogen-bond donors (Lipinski definition) is 2. The molecule has 8 nitrogen and oxygen atoms in total. The molecular formula is C17H25ClN4O4. The molecule has 9 heteroatoms. The molecule has 1 saturated heterocycles. The summed E-state index contributed by atoms with van der Waals surface area (Å²) in [4.78, 5) is 37.0. The minimum Gasteiger partial charge on any atom is -0.354 e. The van der Waals surface area contributed by atoms with Gasteiger partial charge in [0, 0.05) is 36.3 Å². The Bertz CT molecular complexity index is 681. The molecule has 1 aromatic carbocycles. The summed E-state index contributed by atoms with van der Waals surface area (Å²) in [7, 11) is 0. The molecule has 2 rings (SSSR count). The van der Waals surface area contributed by atoms with Gasteiger partial charge in [0.15, 0.2) is 0 Å². The molecule has 1 fully saturated rings. The smallest absolute Gasteiger partial charge is 0.272 e. The third-order valence-electron chi connectivity index (χ3n) is 4.36. The van der Waals surface area contributed by atoms with Gasteiger partial charge in [-0.15, -0.1) is 12.4 Å². The van der Waals surface area contributed by atoms with Gasteiger partial charge in [0.05, 0.1) is 4.92 Å². The molecule has 0 aromatic heterocycles. The summed E-state index contributed by atoms with van der Waals surface area (Å²) in [6.07, 6.45) is 2.04. The molecule has 144 valence electrons. The lowest BCUT2D eigenvalue weighted by molar-refractivity contribution is -0.385. The molecule has 0 bridgehead atoms. The maximum absolute atomic E-state index is 12.7. The first-order valence-corrected chi connectivity index (χ1v) is 8.40. The molecule has 1 aliphatic rings. The van der Waals surface area contributed by atoms with Crippen molar-refractivity contribution in [2.24, 2.45) is 5.73 Å². The number of amides is 2. The monoisotopic (exact) mass is 384 g/mol. The Kier molecular flexibility index (Phi) is 7.98. The third-order valence-corrected chi connectivity index (χ3v) is 4.36. The molecule has 0 aliphatic carbocycles. The van der Waals surface area contributed by atoms with Gasteiger partial charge >= 0.3 is 0 Å². The highest BCUT2D eigenvalue weighted by Gasteiger charge is 2.34. The topological polar surface area (TPSA) is 119 Å². The number of aryl methyl sites for hydroxylation is 1. The zero-order chi connectivity index (χ0) is 18.6. The van der Waals surface area contributed by atoms with Crippen LogP contribution < -0.4 is 11.1 Å². The van der Waals surface area contributed by atoms with Gasteiger partial charge in [-0.05, 0) is 45.2 Å². The van der Waals surface area contributed by atoms with Gasteiger partial charge in [-0.1, -0.05) is 0 Å². The molecule has 2 amide bonds. The van der Waals surface area contributed by atoms with Gasteiger partial charge in [-0.3, -0.25) is 19.7 Å². The van der Waals surface area contributed by atoms with Crippen LogP contribution in [0.3, 0.4) is 0 Å². The van der Waals surface area contributed by atoms with Gasteiger partial charge in [-0.2, -0.15) is 0 Å². The Morgan fingerprint density at radius 2 is 2.15 bits per heavy atom. The number of nitro groups is 1. The Morgan fingerprint density at radius 3 is 2.73 bits per heavy atom. The van der Waals surface area contributed by atoms with Crippen LogP contribution in [0, 0.1) is 17.0 Å². The van der Waals surface area contributed by atoms with Crippen LogP contribution in [0.4, 0.5) is 5.69 Å². The van der Waals surface area contributed by atoms with Crippen molar-refractivity contribution < 1.29 is 14.5 Å². The quantitative estimate of drug-likeness (QED) is 0.572. The van der Waals surface area contributed by atoms with Gasteiger partial charge in [0.1, 0.15) is 6.04 Å². The minimum atomic E-state index is -0.504. The predicted molar refractivity (Wildman–Crippen MR) is 100 cm³/mol. The van der Waals surface area contributed by atoms with E-state index in [0.717, 1.165) is 6.42 Å². The Labute approximate surface area is 158 Å². The second-order valence-corrected chi connectivity index (χ2v) is 6.47. The minimum absolute atomic E-state index is 0. The molecule has 26 heavy (non-hydrogen) atoms. The number of nitro benzene ring substituents is 1. The molecule has 2 unspecified atom stereocenters. The molecule has 0 saturated carbocycles. The Hall–Kier alpha value is -2.19. The fourth-order valence-electron chi connectivity index (χ4n) is 2.98.